The number of carbonyl (C=O) groups excluding carboxylic acids is 2. The molecule has 0 unspecified atom stereocenters. The van der Waals surface area contributed by atoms with Crippen LogP contribution in [0.3, 0.4) is 0 Å². The number of rotatable bonds is 4. The monoisotopic (exact) mass is 298 g/mol. The maximum absolute atomic E-state index is 12.1. The maximum atomic E-state index is 12.1. The Bertz CT molecular complexity index is 503. The summed E-state index contributed by atoms with van der Waals surface area (Å²) in [6.45, 7) is 7.99. The molecule has 110 valence electrons. The molecule has 0 bridgehead atoms. The number of carbonyl (C=O) groups is 2. The summed E-state index contributed by atoms with van der Waals surface area (Å²) in [5, 5.41) is 0.175. The highest BCUT2D eigenvalue weighted by Crippen LogP contribution is 2.23. The zero-order valence-corrected chi connectivity index (χ0v) is 12.9. The maximum Gasteiger partial charge on any atom is 0.340 e. The Labute approximate surface area is 124 Å². The van der Waals surface area contributed by atoms with E-state index in [2.05, 4.69) is 0 Å². The van der Waals surface area contributed by atoms with Gasteiger partial charge < -0.3 is 9.47 Å². The average molecular weight is 299 g/mol. The van der Waals surface area contributed by atoms with Gasteiger partial charge in [-0.1, -0.05) is 38.4 Å². The summed E-state index contributed by atoms with van der Waals surface area (Å²) >= 11 is 5.99. The van der Waals surface area contributed by atoms with Crippen LogP contribution in [0.1, 0.15) is 48.4 Å². The molecule has 0 saturated carbocycles. The second-order valence-corrected chi connectivity index (χ2v) is 5.93. The predicted molar refractivity (Wildman–Crippen MR) is 77.1 cm³/mol. The quantitative estimate of drug-likeness (QED) is 0.795. The van der Waals surface area contributed by atoms with Crippen LogP contribution in [0, 0.1) is 5.41 Å². The molecule has 5 heteroatoms. The summed E-state index contributed by atoms with van der Waals surface area (Å²) < 4.78 is 10.1. The first kappa shape index (κ1) is 16.5. The van der Waals surface area contributed by atoms with Crippen LogP contribution >= 0.6 is 11.6 Å². The lowest BCUT2D eigenvalue weighted by molar-refractivity contribution is 0.0355. The SMILES string of the molecule is CCOC(=O)c1c(Cl)cccc1C(=O)OCC(C)(C)C. The second kappa shape index (κ2) is 6.75. The van der Waals surface area contributed by atoms with E-state index in [1.807, 2.05) is 20.8 Å². The van der Waals surface area contributed by atoms with Crippen LogP contribution in [0.25, 0.3) is 0 Å². The van der Waals surface area contributed by atoms with Crippen LogP contribution in [-0.2, 0) is 9.47 Å². The largest absolute Gasteiger partial charge is 0.462 e. The number of hydrogen-bond acceptors (Lipinski definition) is 4. The Morgan fingerprint density at radius 2 is 1.80 bits per heavy atom. The van der Waals surface area contributed by atoms with Crippen molar-refractivity contribution in [1.82, 2.24) is 0 Å². The molecule has 0 radical (unpaired) electrons. The lowest BCUT2D eigenvalue weighted by atomic mass is 9.98. The molecule has 20 heavy (non-hydrogen) atoms. The highest BCUT2D eigenvalue weighted by Gasteiger charge is 2.23. The van der Waals surface area contributed by atoms with Crippen LogP contribution in [-0.4, -0.2) is 25.2 Å². The molecular weight excluding hydrogens is 280 g/mol. The number of benzene rings is 1. The van der Waals surface area contributed by atoms with Crippen molar-refractivity contribution in [2.24, 2.45) is 5.41 Å². The zero-order valence-electron chi connectivity index (χ0n) is 12.2. The van der Waals surface area contributed by atoms with Crippen molar-refractivity contribution < 1.29 is 19.1 Å². The molecule has 1 aromatic carbocycles. The van der Waals surface area contributed by atoms with Gasteiger partial charge in [-0.3, -0.25) is 0 Å². The van der Waals surface area contributed by atoms with Gasteiger partial charge in [0.15, 0.2) is 0 Å². The van der Waals surface area contributed by atoms with Crippen LogP contribution in [0.2, 0.25) is 5.02 Å². The van der Waals surface area contributed by atoms with E-state index in [0.29, 0.717) is 0 Å². The number of hydrogen-bond donors (Lipinski definition) is 0. The van der Waals surface area contributed by atoms with Crippen LogP contribution in [0.15, 0.2) is 18.2 Å². The van der Waals surface area contributed by atoms with Crippen molar-refractivity contribution in [3.63, 3.8) is 0 Å². The fourth-order valence-electron chi connectivity index (χ4n) is 1.46. The summed E-state index contributed by atoms with van der Waals surface area (Å²) in [6.07, 6.45) is 0. The minimum Gasteiger partial charge on any atom is -0.462 e. The Morgan fingerprint density at radius 1 is 1.15 bits per heavy atom. The first-order valence-electron chi connectivity index (χ1n) is 6.39. The summed E-state index contributed by atoms with van der Waals surface area (Å²) in [7, 11) is 0. The third kappa shape index (κ3) is 4.53. The highest BCUT2D eigenvalue weighted by molar-refractivity contribution is 6.34. The van der Waals surface area contributed by atoms with Crippen molar-refractivity contribution in [3.8, 4) is 0 Å². The molecule has 0 fully saturated rings. The van der Waals surface area contributed by atoms with E-state index >= 15 is 0 Å². The van der Waals surface area contributed by atoms with Gasteiger partial charge in [-0.15, -0.1) is 0 Å². The fraction of sp³-hybridized carbons (Fsp3) is 0.467. The zero-order chi connectivity index (χ0) is 15.3. The molecule has 0 aliphatic rings. The lowest BCUT2D eigenvalue weighted by Crippen LogP contribution is -2.20. The topological polar surface area (TPSA) is 52.6 Å². The van der Waals surface area contributed by atoms with E-state index in [1.165, 1.54) is 12.1 Å². The van der Waals surface area contributed by atoms with Gasteiger partial charge in [0.05, 0.1) is 29.4 Å². The molecule has 0 saturated heterocycles. The van der Waals surface area contributed by atoms with E-state index < -0.39 is 11.9 Å². The van der Waals surface area contributed by atoms with Gasteiger partial charge in [-0.2, -0.15) is 0 Å². The van der Waals surface area contributed by atoms with Crippen molar-refractivity contribution in [2.45, 2.75) is 27.7 Å². The normalized spacial score (nSPS) is 11.1. The van der Waals surface area contributed by atoms with Gasteiger partial charge in [0.25, 0.3) is 0 Å². The molecule has 1 rings (SSSR count). The van der Waals surface area contributed by atoms with Gasteiger partial charge in [0, 0.05) is 0 Å². The van der Waals surface area contributed by atoms with Crippen LogP contribution in [0.5, 0.6) is 0 Å². The van der Waals surface area contributed by atoms with E-state index in [0.717, 1.165) is 0 Å². The molecule has 4 nitrogen and oxygen atoms in total. The highest BCUT2D eigenvalue weighted by atomic mass is 35.5. The van der Waals surface area contributed by atoms with Crippen molar-refractivity contribution >= 4 is 23.5 Å². The molecule has 0 N–H and O–H groups in total. The van der Waals surface area contributed by atoms with Gasteiger partial charge in [0.1, 0.15) is 0 Å². The number of ether oxygens (including phenoxy) is 2. The Morgan fingerprint density at radius 3 is 2.35 bits per heavy atom. The van der Waals surface area contributed by atoms with Crippen molar-refractivity contribution in [2.75, 3.05) is 13.2 Å². The molecule has 0 atom stereocenters. The van der Waals surface area contributed by atoms with Crippen molar-refractivity contribution in [3.05, 3.63) is 34.3 Å². The van der Waals surface area contributed by atoms with E-state index in [1.54, 1.807) is 13.0 Å². The third-order valence-corrected chi connectivity index (χ3v) is 2.66. The molecule has 0 heterocycles. The van der Waals surface area contributed by atoms with Crippen LogP contribution < -0.4 is 0 Å². The van der Waals surface area contributed by atoms with Gasteiger partial charge in [0.2, 0.25) is 0 Å². The summed E-state index contributed by atoms with van der Waals surface area (Å²) in [4.78, 5) is 24.0. The molecule has 0 amide bonds. The van der Waals surface area contributed by atoms with E-state index in [9.17, 15) is 9.59 Å². The first-order chi connectivity index (χ1) is 9.26. The molecule has 0 aliphatic heterocycles. The summed E-state index contributed by atoms with van der Waals surface area (Å²) in [6, 6.07) is 4.64. The molecule has 0 aromatic heterocycles. The van der Waals surface area contributed by atoms with E-state index in [4.69, 9.17) is 21.1 Å². The van der Waals surface area contributed by atoms with E-state index in [-0.39, 0.29) is 34.8 Å². The standard InChI is InChI=1S/C15H19ClO4/c1-5-19-14(18)12-10(7-6-8-11(12)16)13(17)20-9-15(2,3)4/h6-8H,5,9H2,1-4H3. The van der Waals surface area contributed by atoms with Crippen molar-refractivity contribution in [1.29, 1.82) is 0 Å². The molecule has 0 spiro atoms. The molecule has 1 aromatic rings. The second-order valence-electron chi connectivity index (χ2n) is 5.52. The summed E-state index contributed by atoms with van der Waals surface area (Å²) in [5.74, 6) is -1.20. The van der Waals surface area contributed by atoms with Crippen LogP contribution in [0.4, 0.5) is 0 Å². The van der Waals surface area contributed by atoms with Gasteiger partial charge >= 0.3 is 11.9 Å². The third-order valence-electron chi connectivity index (χ3n) is 2.35. The summed E-state index contributed by atoms with van der Waals surface area (Å²) in [5.41, 5.74) is 0.0216. The minimum atomic E-state index is -0.624. The molecule has 0 aliphatic carbocycles. The number of esters is 2. The first-order valence-corrected chi connectivity index (χ1v) is 6.77. The average Bonchev–Trinajstić information content (AvgIpc) is 2.34. The predicted octanol–water partition coefficient (Wildman–Crippen LogP) is 3.72. The minimum absolute atomic E-state index is 0.0509. The van der Waals surface area contributed by atoms with Gasteiger partial charge in [-0.25, -0.2) is 9.59 Å². The Balaban J connectivity index is 3.02. The fourth-order valence-corrected chi connectivity index (χ4v) is 1.72. The van der Waals surface area contributed by atoms with Gasteiger partial charge in [-0.05, 0) is 24.5 Å². The molecular formula is C15H19ClO4. The smallest absolute Gasteiger partial charge is 0.340 e. The Kier molecular flexibility index (Phi) is 5.57. The Hall–Kier alpha value is -1.55. The number of halogens is 1. The lowest BCUT2D eigenvalue weighted by Gasteiger charge is -2.18.